The highest BCUT2D eigenvalue weighted by Gasteiger charge is 2.34. The second-order valence-electron chi connectivity index (χ2n) is 3.00. The van der Waals surface area contributed by atoms with E-state index in [2.05, 4.69) is 0 Å². The summed E-state index contributed by atoms with van der Waals surface area (Å²) in [7, 11) is 0. The summed E-state index contributed by atoms with van der Waals surface area (Å²) in [5.74, 6) is 0.270. The van der Waals surface area contributed by atoms with Gasteiger partial charge >= 0.3 is 0 Å². The van der Waals surface area contributed by atoms with Crippen LogP contribution in [0.2, 0.25) is 0 Å². The Balaban J connectivity index is 2.54. The van der Waals surface area contributed by atoms with Crippen molar-refractivity contribution < 1.29 is 14.6 Å². The van der Waals surface area contributed by atoms with Gasteiger partial charge in [0.05, 0.1) is 18.8 Å². The molecule has 2 unspecified atom stereocenters. The highest BCUT2D eigenvalue weighted by molar-refractivity contribution is 4.81. The molecule has 3 nitrogen and oxygen atoms in total. The Hall–Kier alpha value is -0.120. The number of aliphatic hydroxyl groups excluding tert-OH is 1. The Morgan fingerprint density at radius 2 is 2.40 bits per heavy atom. The molecule has 60 valence electrons. The molecule has 0 saturated carbocycles. The number of rotatable bonds is 1. The molecule has 0 aromatic heterocycles. The third-order valence-electron chi connectivity index (χ3n) is 2.20. The monoisotopic (exact) mass is 146 g/mol. The Morgan fingerprint density at radius 3 is 2.80 bits per heavy atom. The fraction of sp³-hybridized carbons (Fsp3) is 1.00. The number of aliphatic hydroxyl groups is 1. The first kappa shape index (κ1) is 7.98. The van der Waals surface area contributed by atoms with E-state index in [4.69, 9.17) is 14.6 Å². The quantitative estimate of drug-likeness (QED) is 0.581. The Morgan fingerprint density at radius 1 is 1.70 bits per heavy atom. The fourth-order valence-electron chi connectivity index (χ4n) is 0.921. The van der Waals surface area contributed by atoms with Crippen LogP contribution in [0.5, 0.6) is 0 Å². The normalized spacial score (nSPS) is 41.7. The zero-order chi connectivity index (χ0) is 7.61. The van der Waals surface area contributed by atoms with Crippen molar-refractivity contribution in [2.75, 3.05) is 20.0 Å². The predicted molar refractivity (Wildman–Crippen MR) is 36.6 cm³/mol. The van der Waals surface area contributed by atoms with E-state index in [1.54, 1.807) is 0 Å². The summed E-state index contributed by atoms with van der Waals surface area (Å²) < 4.78 is 10.3. The minimum absolute atomic E-state index is 0.0670. The summed E-state index contributed by atoms with van der Waals surface area (Å²) >= 11 is 0. The first-order valence-corrected chi connectivity index (χ1v) is 3.51. The second-order valence-corrected chi connectivity index (χ2v) is 3.00. The lowest BCUT2D eigenvalue weighted by molar-refractivity contribution is -0.226. The van der Waals surface area contributed by atoms with E-state index in [1.165, 1.54) is 0 Å². The zero-order valence-electron chi connectivity index (χ0n) is 6.46. The zero-order valence-corrected chi connectivity index (χ0v) is 6.46. The lowest BCUT2D eigenvalue weighted by Gasteiger charge is -2.37. The van der Waals surface area contributed by atoms with Gasteiger partial charge in [0.25, 0.3) is 0 Å². The molecular formula is C7H14O3. The van der Waals surface area contributed by atoms with Crippen molar-refractivity contribution in [3.8, 4) is 0 Å². The van der Waals surface area contributed by atoms with Crippen molar-refractivity contribution in [3.05, 3.63) is 0 Å². The molecule has 0 aromatic rings. The van der Waals surface area contributed by atoms with Gasteiger partial charge in [-0.3, -0.25) is 0 Å². The molecule has 0 spiro atoms. The van der Waals surface area contributed by atoms with Crippen molar-refractivity contribution in [3.63, 3.8) is 0 Å². The van der Waals surface area contributed by atoms with Crippen molar-refractivity contribution in [2.45, 2.75) is 19.4 Å². The maximum Gasteiger partial charge on any atom is 0.147 e. The van der Waals surface area contributed by atoms with Gasteiger partial charge < -0.3 is 14.6 Å². The molecule has 1 saturated heterocycles. The van der Waals surface area contributed by atoms with Crippen LogP contribution in [0.3, 0.4) is 0 Å². The van der Waals surface area contributed by atoms with Crippen LogP contribution in [0.25, 0.3) is 0 Å². The first-order valence-electron chi connectivity index (χ1n) is 3.51. The molecule has 0 aromatic carbocycles. The summed E-state index contributed by atoms with van der Waals surface area (Å²) in [5.41, 5.74) is -0.391. The highest BCUT2D eigenvalue weighted by atomic mass is 16.7. The minimum atomic E-state index is -0.391. The summed E-state index contributed by atoms with van der Waals surface area (Å²) in [6, 6.07) is 0. The summed E-state index contributed by atoms with van der Waals surface area (Å²) in [5, 5.41) is 8.94. The van der Waals surface area contributed by atoms with Crippen LogP contribution in [0, 0.1) is 5.92 Å². The van der Waals surface area contributed by atoms with Crippen LogP contribution >= 0.6 is 0 Å². The number of ether oxygens (including phenoxy) is 2. The van der Waals surface area contributed by atoms with Gasteiger partial charge in [0.2, 0.25) is 0 Å². The summed E-state index contributed by atoms with van der Waals surface area (Å²) in [6.07, 6.45) is 0. The third kappa shape index (κ3) is 1.31. The van der Waals surface area contributed by atoms with Gasteiger partial charge in [0, 0.05) is 5.92 Å². The molecule has 3 heteroatoms. The van der Waals surface area contributed by atoms with Crippen LogP contribution in [-0.4, -0.2) is 30.7 Å². The van der Waals surface area contributed by atoms with E-state index >= 15 is 0 Å². The average molecular weight is 146 g/mol. The molecule has 1 heterocycles. The number of hydrogen-bond donors (Lipinski definition) is 1. The second kappa shape index (κ2) is 2.86. The Labute approximate surface area is 60.9 Å². The standard InChI is InChI=1S/C7H14O3/c1-6-3-9-5-10-7(6,2)4-8/h6,8H,3-5H2,1-2H3. The Bertz CT molecular complexity index is 115. The maximum atomic E-state index is 8.94. The van der Waals surface area contributed by atoms with Gasteiger partial charge in [-0.05, 0) is 6.92 Å². The molecule has 1 fully saturated rings. The predicted octanol–water partition coefficient (Wildman–Crippen LogP) is 0.378. The fourth-order valence-corrected chi connectivity index (χ4v) is 0.921. The molecule has 0 aliphatic carbocycles. The molecular weight excluding hydrogens is 132 g/mol. The largest absolute Gasteiger partial charge is 0.393 e. The molecule has 1 aliphatic rings. The van der Waals surface area contributed by atoms with Crippen molar-refractivity contribution >= 4 is 0 Å². The average Bonchev–Trinajstić information content (AvgIpc) is 1.96. The van der Waals surface area contributed by atoms with Gasteiger partial charge in [-0.2, -0.15) is 0 Å². The van der Waals surface area contributed by atoms with E-state index in [1.807, 2.05) is 13.8 Å². The molecule has 0 bridgehead atoms. The van der Waals surface area contributed by atoms with Crippen LogP contribution < -0.4 is 0 Å². The topological polar surface area (TPSA) is 38.7 Å². The molecule has 0 amide bonds. The van der Waals surface area contributed by atoms with Crippen LogP contribution in [0.1, 0.15) is 13.8 Å². The van der Waals surface area contributed by atoms with Crippen molar-refractivity contribution in [1.82, 2.24) is 0 Å². The highest BCUT2D eigenvalue weighted by Crippen LogP contribution is 2.24. The molecule has 1 N–H and O–H groups in total. The number of hydrogen-bond acceptors (Lipinski definition) is 3. The molecule has 1 rings (SSSR count). The lowest BCUT2D eigenvalue weighted by atomic mass is 9.91. The SMILES string of the molecule is CC1COCOC1(C)CO. The molecule has 0 radical (unpaired) electrons. The molecule has 2 atom stereocenters. The van der Waals surface area contributed by atoms with Gasteiger partial charge in [0.15, 0.2) is 0 Å². The van der Waals surface area contributed by atoms with Gasteiger partial charge in [0.1, 0.15) is 6.79 Å². The maximum absolute atomic E-state index is 8.94. The van der Waals surface area contributed by atoms with Crippen LogP contribution in [-0.2, 0) is 9.47 Å². The van der Waals surface area contributed by atoms with Crippen LogP contribution in [0.15, 0.2) is 0 Å². The lowest BCUT2D eigenvalue weighted by Crippen LogP contribution is -2.46. The minimum Gasteiger partial charge on any atom is -0.393 e. The van der Waals surface area contributed by atoms with E-state index in [-0.39, 0.29) is 12.5 Å². The van der Waals surface area contributed by atoms with E-state index in [0.717, 1.165) is 0 Å². The smallest absolute Gasteiger partial charge is 0.147 e. The van der Waals surface area contributed by atoms with Gasteiger partial charge in [-0.1, -0.05) is 6.92 Å². The van der Waals surface area contributed by atoms with Crippen molar-refractivity contribution in [2.24, 2.45) is 5.92 Å². The van der Waals surface area contributed by atoms with E-state index in [0.29, 0.717) is 13.4 Å². The summed E-state index contributed by atoms with van der Waals surface area (Å²) in [6.45, 7) is 4.96. The molecule has 1 aliphatic heterocycles. The summed E-state index contributed by atoms with van der Waals surface area (Å²) in [4.78, 5) is 0. The third-order valence-corrected chi connectivity index (χ3v) is 2.20. The van der Waals surface area contributed by atoms with Crippen molar-refractivity contribution in [1.29, 1.82) is 0 Å². The van der Waals surface area contributed by atoms with Crippen LogP contribution in [0.4, 0.5) is 0 Å². The van der Waals surface area contributed by atoms with E-state index in [9.17, 15) is 0 Å². The Kier molecular flexibility index (Phi) is 2.28. The van der Waals surface area contributed by atoms with Gasteiger partial charge in [-0.25, -0.2) is 0 Å². The van der Waals surface area contributed by atoms with E-state index < -0.39 is 5.60 Å². The van der Waals surface area contributed by atoms with Gasteiger partial charge in [-0.15, -0.1) is 0 Å². The first-order chi connectivity index (χ1) is 4.69. The molecule has 10 heavy (non-hydrogen) atoms.